The fourth-order valence-electron chi connectivity index (χ4n) is 4.05. The van der Waals surface area contributed by atoms with E-state index in [4.69, 9.17) is 5.73 Å². The third kappa shape index (κ3) is 5.74. The lowest BCUT2D eigenvalue weighted by atomic mass is 10.0. The number of thiazole rings is 1. The van der Waals surface area contributed by atoms with Crippen LogP contribution in [0, 0.1) is 12.9 Å². The van der Waals surface area contributed by atoms with E-state index in [9.17, 15) is 14.0 Å². The number of hydrogen-bond acceptors (Lipinski definition) is 8. The molecule has 9 nitrogen and oxygen atoms in total. The lowest BCUT2D eigenvalue weighted by Gasteiger charge is -2.30. The molecular formula is C25H28FN7O2S. The molecule has 0 saturated carbocycles. The normalized spacial score (nSPS) is 15.6. The average molecular weight is 510 g/mol. The number of halogens is 1. The van der Waals surface area contributed by atoms with E-state index in [0.29, 0.717) is 39.1 Å². The first-order valence-electron chi connectivity index (χ1n) is 11.5. The minimum absolute atomic E-state index is 0.00410. The summed E-state index contributed by atoms with van der Waals surface area (Å²) < 4.78 is 13.1. The molecule has 36 heavy (non-hydrogen) atoms. The molecule has 3 aromatic rings. The molecule has 2 amide bonds. The summed E-state index contributed by atoms with van der Waals surface area (Å²) in [6.07, 6.45) is 7.85. The topological polar surface area (TPSA) is 126 Å². The van der Waals surface area contributed by atoms with Crippen molar-refractivity contribution in [3.63, 3.8) is 0 Å². The van der Waals surface area contributed by atoms with Gasteiger partial charge in [-0.25, -0.2) is 9.97 Å². The number of nitrogens with two attached hydrogens (primary N) is 1. The standard InChI is InChI=1S/C25H28FN7O2S/c1-15-19(9-17(12-28-15)31-22(34)14-33-8-4-7-25(33,2)3)32-23(35)18(10-27)24-30-13-20(36-24)16-5-6-21(26)29-11-16/h5-6,9-13H,4,7-8,14,27H2,1-3H3,(H,31,34)(H,32,35)/b18-10-. The van der Waals surface area contributed by atoms with E-state index in [1.807, 2.05) is 0 Å². The molecule has 1 fully saturated rings. The van der Waals surface area contributed by atoms with Gasteiger partial charge in [-0.05, 0) is 58.4 Å². The van der Waals surface area contributed by atoms with E-state index in [2.05, 4.69) is 44.3 Å². The van der Waals surface area contributed by atoms with Crippen LogP contribution in [0.1, 0.15) is 37.4 Å². The number of pyridine rings is 2. The van der Waals surface area contributed by atoms with Crippen LogP contribution in [0.2, 0.25) is 0 Å². The van der Waals surface area contributed by atoms with Gasteiger partial charge in [-0.2, -0.15) is 4.39 Å². The van der Waals surface area contributed by atoms with Crippen molar-refractivity contribution in [2.75, 3.05) is 23.7 Å². The Labute approximate surface area is 212 Å². The SMILES string of the molecule is Cc1ncc(NC(=O)CN2CCCC2(C)C)cc1NC(=O)/C(=C/N)c1ncc(-c2ccc(F)nc2)s1. The van der Waals surface area contributed by atoms with Crippen molar-refractivity contribution in [3.8, 4) is 10.4 Å². The van der Waals surface area contributed by atoms with Gasteiger partial charge in [-0.3, -0.25) is 19.5 Å². The monoisotopic (exact) mass is 509 g/mol. The van der Waals surface area contributed by atoms with Crippen LogP contribution < -0.4 is 16.4 Å². The Balaban J connectivity index is 1.44. The maximum Gasteiger partial charge on any atom is 0.260 e. The second kappa shape index (κ2) is 10.5. The maximum atomic E-state index is 13.1. The smallest absolute Gasteiger partial charge is 0.260 e. The molecule has 0 aliphatic carbocycles. The third-order valence-electron chi connectivity index (χ3n) is 6.19. The highest BCUT2D eigenvalue weighted by atomic mass is 32.1. The van der Waals surface area contributed by atoms with Crippen molar-refractivity contribution in [3.05, 3.63) is 59.6 Å². The van der Waals surface area contributed by atoms with Crippen LogP contribution in [0.3, 0.4) is 0 Å². The molecule has 0 atom stereocenters. The zero-order valence-corrected chi connectivity index (χ0v) is 21.2. The first kappa shape index (κ1) is 25.4. The van der Waals surface area contributed by atoms with Crippen molar-refractivity contribution in [2.45, 2.75) is 39.2 Å². The second-order valence-electron chi connectivity index (χ2n) is 9.18. The van der Waals surface area contributed by atoms with Crippen molar-refractivity contribution in [2.24, 2.45) is 5.73 Å². The summed E-state index contributed by atoms with van der Waals surface area (Å²) in [7, 11) is 0. The molecule has 0 radical (unpaired) electrons. The summed E-state index contributed by atoms with van der Waals surface area (Å²) >= 11 is 1.23. The minimum atomic E-state index is -0.576. The molecular weight excluding hydrogens is 481 g/mol. The van der Waals surface area contributed by atoms with Crippen LogP contribution in [0.15, 0.2) is 43.0 Å². The van der Waals surface area contributed by atoms with Crippen LogP contribution >= 0.6 is 11.3 Å². The van der Waals surface area contributed by atoms with Gasteiger partial charge in [-0.15, -0.1) is 11.3 Å². The molecule has 3 aromatic heterocycles. The number of aryl methyl sites for hydroxylation is 1. The molecule has 0 spiro atoms. The fraction of sp³-hybridized carbons (Fsp3) is 0.320. The largest absolute Gasteiger partial charge is 0.404 e. The number of nitrogens with one attached hydrogen (secondary N) is 2. The summed E-state index contributed by atoms with van der Waals surface area (Å²) in [5.41, 5.74) is 8.12. The van der Waals surface area contributed by atoms with E-state index in [0.717, 1.165) is 19.4 Å². The van der Waals surface area contributed by atoms with Crippen LogP contribution in [-0.4, -0.2) is 50.3 Å². The van der Waals surface area contributed by atoms with Crippen molar-refractivity contribution >= 4 is 40.1 Å². The lowest BCUT2D eigenvalue weighted by molar-refractivity contribution is -0.118. The highest BCUT2D eigenvalue weighted by molar-refractivity contribution is 7.16. The molecule has 1 saturated heterocycles. The number of carbonyl (C=O) groups is 2. The fourth-order valence-corrected chi connectivity index (χ4v) is 4.97. The molecule has 0 unspecified atom stereocenters. The molecule has 4 rings (SSSR count). The van der Waals surface area contributed by atoms with E-state index in [-0.39, 0.29) is 17.0 Å². The van der Waals surface area contributed by atoms with Gasteiger partial charge in [-0.1, -0.05) is 0 Å². The predicted octanol–water partition coefficient (Wildman–Crippen LogP) is 3.80. The average Bonchev–Trinajstić information content (AvgIpc) is 3.43. The Bertz CT molecular complexity index is 1300. The van der Waals surface area contributed by atoms with Gasteiger partial charge >= 0.3 is 0 Å². The molecule has 4 heterocycles. The van der Waals surface area contributed by atoms with Gasteiger partial charge in [0.05, 0.1) is 40.3 Å². The number of anilines is 2. The zero-order chi connectivity index (χ0) is 25.9. The second-order valence-corrected chi connectivity index (χ2v) is 10.2. The molecule has 4 N–H and O–H groups in total. The number of hydrogen-bond donors (Lipinski definition) is 3. The van der Waals surface area contributed by atoms with Gasteiger partial charge in [0, 0.05) is 29.7 Å². The molecule has 188 valence electrons. The number of aromatic nitrogens is 3. The summed E-state index contributed by atoms with van der Waals surface area (Å²) in [5, 5.41) is 6.08. The van der Waals surface area contributed by atoms with Crippen LogP contribution in [0.25, 0.3) is 16.0 Å². The van der Waals surface area contributed by atoms with Crippen molar-refractivity contribution in [1.29, 1.82) is 0 Å². The summed E-state index contributed by atoms with van der Waals surface area (Å²) in [4.78, 5) is 40.8. The highest BCUT2D eigenvalue weighted by Gasteiger charge is 2.32. The van der Waals surface area contributed by atoms with Crippen molar-refractivity contribution in [1.82, 2.24) is 19.9 Å². The molecule has 0 aromatic carbocycles. The first-order chi connectivity index (χ1) is 17.2. The van der Waals surface area contributed by atoms with Crippen LogP contribution in [0.5, 0.6) is 0 Å². The quantitative estimate of drug-likeness (QED) is 0.327. The number of amides is 2. The highest BCUT2D eigenvalue weighted by Crippen LogP contribution is 2.30. The Morgan fingerprint density at radius 2 is 2.00 bits per heavy atom. The Morgan fingerprint density at radius 1 is 1.19 bits per heavy atom. The predicted molar refractivity (Wildman–Crippen MR) is 139 cm³/mol. The number of carbonyl (C=O) groups excluding carboxylic acids is 2. The van der Waals surface area contributed by atoms with Gasteiger partial charge < -0.3 is 16.4 Å². The number of nitrogens with zero attached hydrogens (tertiary/aromatic N) is 4. The van der Waals surface area contributed by atoms with E-state index < -0.39 is 11.9 Å². The first-order valence-corrected chi connectivity index (χ1v) is 12.3. The molecule has 0 bridgehead atoms. The van der Waals surface area contributed by atoms with E-state index in [1.165, 1.54) is 29.8 Å². The van der Waals surface area contributed by atoms with Gasteiger partial charge in [0.2, 0.25) is 11.9 Å². The minimum Gasteiger partial charge on any atom is -0.404 e. The third-order valence-corrected chi connectivity index (χ3v) is 7.27. The Morgan fingerprint density at radius 3 is 2.67 bits per heavy atom. The molecule has 11 heteroatoms. The van der Waals surface area contributed by atoms with Crippen molar-refractivity contribution < 1.29 is 14.0 Å². The summed E-state index contributed by atoms with van der Waals surface area (Å²) in [5.74, 6) is -1.18. The van der Waals surface area contributed by atoms with Crippen LogP contribution in [-0.2, 0) is 9.59 Å². The van der Waals surface area contributed by atoms with Crippen LogP contribution in [0.4, 0.5) is 15.8 Å². The summed E-state index contributed by atoms with van der Waals surface area (Å²) in [6.45, 7) is 7.21. The van der Waals surface area contributed by atoms with E-state index >= 15 is 0 Å². The maximum absolute atomic E-state index is 13.1. The van der Waals surface area contributed by atoms with E-state index in [1.54, 1.807) is 31.5 Å². The van der Waals surface area contributed by atoms with Gasteiger partial charge in [0.25, 0.3) is 5.91 Å². The Hall–Kier alpha value is -3.70. The van der Waals surface area contributed by atoms with Gasteiger partial charge in [0.15, 0.2) is 0 Å². The summed E-state index contributed by atoms with van der Waals surface area (Å²) in [6, 6.07) is 4.51. The molecule has 1 aliphatic rings. The molecule has 1 aliphatic heterocycles. The zero-order valence-electron chi connectivity index (χ0n) is 20.3. The van der Waals surface area contributed by atoms with Gasteiger partial charge in [0.1, 0.15) is 5.01 Å². The Kier molecular flexibility index (Phi) is 7.41. The number of rotatable bonds is 7. The lowest BCUT2D eigenvalue weighted by Crippen LogP contribution is -2.42. The number of likely N-dealkylation sites (tertiary alicyclic amines) is 1.